The van der Waals surface area contributed by atoms with E-state index in [1.165, 1.54) is 0 Å². The number of aryl methyl sites for hydroxylation is 1. The fourth-order valence-corrected chi connectivity index (χ4v) is 3.21. The molecule has 3 nitrogen and oxygen atoms in total. The van der Waals surface area contributed by atoms with Gasteiger partial charge in [-0.15, -0.1) is 11.8 Å². The van der Waals surface area contributed by atoms with Crippen molar-refractivity contribution >= 4 is 23.4 Å². The summed E-state index contributed by atoms with van der Waals surface area (Å²) < 4.78 is 0. The van der Waals surface area contributed by atoms with Crippen LogP contribution in [0.25, 0.3) is 0 Å². The molecule has 0 aliphatic carbocycles. The number of carbonyl (C=O) groups is 1. The van der Waals surface area contributed by atoms with Crippen LogP contribution >= 0.6 is 11.8 Å². The standard InChI is InChI=1S/C16H19NO2S/c1-12-7-8-13(5-2-3-9-18)11-14(12)17-16(19)15-6-4-10-20-15/h7-8,11,15,18H,3-4,6,9-10H2,1H3,(H,17,19). The lowest BCUT2D eigenvalue weighted by Gasteiger charge is -2.12. The summed E-state index contributed by atoms with van der Waals surface area (Å²) in [6, 6.07) is 5.79. The van der Waals surface area contributed by atoms with E-state index in [1.807, 2.05) is 25.1 Å². The van der Waals surface area contributed by atoms with E-state index in [-0.39, 0.29) is 17.8 Å². The average molecular weight is 289 g/mol. The van der Waals surface area contributed by atoms with Crippen molar-refractivity contribution in [2.24, 2.45) is 0 Å². The molecule has 4 heteroatoms. The van der Waals surface area contributed by atoms with Crippen molar-refractivity contribution in [2.45, 2.75) is 31.4 Å². The van der Waals surface area contributed by atoms with Crippen molar-refractivity contribution in [3.8, 4) is 11.8 Å². The number of carbonyl (C=O) groups excluding carboxylic acids is 1. The minimum absolute atomic E-state index is 0.0708. The summed E-state index contributed by atoms with van der Waals surface area (Å²) in [5, 5.41) is 11.8. The first-order valence-corrected chi connectivity index (χ1v) is 7.88. The first-order valence-electron chi connectivity index (χ1n) is 6.83. The highest BCUT2D eigenvalue weighted by atomic mass is 32.2. The Morgan fingerprint density at radius 2 is 2.40 bits per heavy atom. The lowest BCUT2D eigenvalue weighted by Crippen LogP contribution is -2.23. The smallest absolute Gasteiger partial charge is 0.237 e. The first kappa shape index (κ1) is 15.0. The van der Waals surface area contributed by atoms with Gasteiger partial charge >= 0.3 is 0 Å². The van der Waals surface area contributed by atoms with Gasteiger partial charge in [0.2, 0.25) is 5.91 Å². The van der Waals surface area contributed by atoms with Gasteiger partial charge in [0.25, 0.3) is 0 Å². The van der Waals surface area contributed by atoms with Crippen LogP contribution < -0.4 is 5.32 Å². The monoisotopic (exact) mass is 289 g/mol. The Kier molecular flexibility index (Phi) is 5.51. The molecule has 1 fully saturated rings. The Balaban J connectivity index is 2.08. The molecule has 1 aliphatic heterocycles. The van der Waals surface area contributed by atoms with Gasteiger partial charge in [-0.3, -0.25) is 4.79 Å². The van der Waals surface area contributed by atoms with E-state index in [2.05, 4.69) is 17.2 Å². The highest BCUT2D eigenvalue weighted by Gasteiger charge is 2.23. The van der Waals surface area contributed by atoms with Crippen LogP contribution in [0.2, 0.25) is 0 Å². The zero-order chi connectivity index (χ0) is 14.4. The van der Waals surface area contributed by atoms with Gasteiger partial charge in [0, 0.05) is 17.7 Å². The van der Waals surface area contributed by atoms with E-state index in [9.17, 15) is 4.79 Å². The summed E-state index contributed by atoms with van der Waals surface area (Å²) >= 11 is 1.73. The molecule has 1 aliphatic rings. The molecule has 0 aromatic heterocycles. The van der Waals surface area contributed by atoms with Crippen LogP contribution in [0.3, 0.4) is 0 Å². The van der Waals surface area contributed by atoms with Crippen molar-refractivity contribution in [1.82, 2.24) is 0 Å². The third-order valence-corrected chi connectivity index (χ3v) is 4.56. The maximum atomic E-state index is 12.1. The van der Waals surface area contributed by atoms with Crippen molar-refractivity contribution in [2.75, 3.05) is 17.7 Å². The molecule has 2 N–H and O–H groups in total. The largest absolute Gasteiger partial charge is 0.395 e. The van der Waals surface area contributed by atoms with Crippen LogP contribution in [0.5, 0.6) is 0 Å². The fourth-order valence-electron chi connectivity index (χ4n) is 2.05. The van der Waals surface area contributed by atoms with E-state index in [0.29, 0.717) is 6.42 Å². The average Bonchev–Trinajstić information content (AvgIpc) is 2.97. The quantitative estimate of drug-likeness (QED) is 0.841. The van der Waals surface area contributed by atoms with Crippen LogP contribution in [-0.2, 0) is 4.79 Å². The summed E-state index contributed by atoms with van der Waals surface area (Å²) in [5.41, 5.74) is 2.73. The van der Waals surface area contributed by atoms with Gasteiger partial charge in [0.05, 0.1) is 11.9 Å². The molecule has 1 aromatic carbocycles. The lowest BCUT2D eigenvalue weighted by molar-refractivity contribution is -0.115. The molecule has 1 heterocycles. The van der Waals surface area contributed by atoms with E-state index < -0.39 is 0 Å². The molecule has 0 radical (unpaired) electrons. The maximum Gasteiger partial charge on any atom is 0.237 e. The van der Waals surface area contributed by atoms with Gasteiger partial charge in [-0.05, 0) is 43.2 Å². The Morgan fingerprint density at radius 1 is 1.55 bits per heavy atom. The van der Waals surface area contributed by atoms with Crippen LogP contribution in [0.1, 0.15) is 30.4 Å². The van der Waals surface area contributed by atoms with Crippen LogP contribution in [-0.4, -0.2) is 28.6 Å². The third kappa shape index (κ3) is 4.03. The second-order valence-electron chi connectivity index (χ2n) is 4.80. The maximum absolute atomic E-state index is 12.1. The van der Waals surface area contributed by atoms with Crippen molar-refractivity contribution in [3.05, 3.63) is 29.3 Å². The Hall–Kier alpha value is -1.44. The minimum atomic E-state index is 0.0708. The SMILES string of the molecule is Cc1ccc(C#CCCO)cc1NC(=O)C1CCCS1. The predicted molar refractivity (Wildman–Crippen MR) is 83.9 cm³/mol. The molecule has 1 unspecified atom stereocenters. The van der Waals surface area contributed by atoms with E-state index >= 15 is 0 Å². The van der Waals surface area contributed by atoms with Crippen LogP contribution in [0.4, 0.5) is 5.69 Å². The number of benzene rings is 1. The molecule has 0 bridgehead atoms. The number of rotatable bonds is 3. The van der Waals surface area contributed by atoms with Gasteiger partial charge in [-0.2, -0.15) is 0 Å². The number of anilines is 1. The van der Waals surface area contributed by atoms with Crippen molar-refractivity contribution in [3.63, 3.8) is 0 Å². The zero-order valence-electron chi connectivity index (χ0n) is 11.6. The van der Waals surface area contributed by atoms with Crippen LogP contribution in [0.15, 0.2) is 18.2 Å². The highest BCUT2D eigenvalue weighted by molar-refractivity contribution is 8.00. The Bertz CT molecular complexity index is 539. The Labute approximate surface area is 124 Å². The lowest BCUT2D eigenvalue weighted by atomic mass is 10.1. The number of nitrogens with one attached hydrogen (secondary N) is 1. The molecular formula is C16H19NO2S. The molecule has 1 amide bonds. The van der Waals surface area contributed by atoms with Gasteiger partial charge in [-0.1, -0.05) is 17.9 Å². The molecule has 0 saturated carbocycles. The molecule has 106 valence electrons. The normalized spacial score (nSPS) is 17.4. The Morgan fingerprint density at radius 3 is 3.10 bits per heavy atom. The summed E-state index contributed by atoms with van der Waals surface area (Å²) in [6.45, 7) is 2.05. The van der Waals surface area contributed by atoms with E-state index in [4.69, 9.17) is 5.11 Å². The number of amides is 1. The van der Waals surface area contributed by atoms with Gasteiger partial charge < -0.3 is 10.4 Å². The number of thioether (sulfide) groups is 1. The fraction of sp³-hybridized carbons (Fsp3) is 0.438. The van der Waals surface area contributed by atoms with E-state index in [1.54, 1.807) is 11.8 Å². The van der Waals surface area contributed by atoms with Gasteiger partial charge in [0.1, 0.15) is 0 Å². The summed E-state index contributed by atoms with van der Waals surface area (Å²) in [5.74, 6) is 7.05. The molecule has 0 spiro atoms. The molecule has 20 heavy (non-hydrogen) atoms. The summed E-state index contributed by atoms with van der Waals surface area (Å²) in [6.07, 6.45) is 2.55. The second-order valence-corrected chi connectivity index (χ2v) is 6.11. The summed E-state index contributed by atoms with van der Waals surface area (Å²) in [7, 11) is 0. The second kappa shape index (κ2) is 7.37. The van der Waals surface area contributed by atoms with E-state index in [0.717, 1.165) is 35.4 Å². The summed E-state index contributed by atoms with van der Waals surface area (Å²) in [4.78, 5) is 12.1. The zero-order valence-corrected chi connectivity index (χ0v) is 12.4. The number of aliphatic hydroxyl groups excluding tert-OH is 1. The molecule has 1 saturated heterocycles. The number of hydrogen-bond donors (Lipinski definition) is 2. The van der Waals surface area contributed by atoms with Gasteiger partial charge in [0.15, 0.2) is 0 Å². The molecular weight excluding hydrogens is 270 g/mol. The number of hydrogen-bond acceptors (Lipinski definition) is 3. The molecule has 1 aromatic rings. The predicted octanol–water partition coefficient (Wildman–Crippen LogP) is 2.56. The van der Waals surface area contributed by atoms with Gasteiger partial charge in [-0.25, -0.2) is 0 Å². The highest BCUT2D eigenvalue weighted by Crippen LogP contribution is 2.27. The van der Waals surface area contributed by atoms with Crippen LogP contribution in [0, 0.1) is 18.8 Å². The third-order valence-electron chi connectivity index (χ3n) is 3.19. The number of aliphatic hydroxyl groups is 1. The first-order chi connectivity index (χ1) is 9.70. The van der Waals surface area contributed by atoms with Crippen molar-refractivity contribution < 1.29 is 9.90 Å². The topological polar surface area (TPSA) is 49.3 Å². The molecule has 1 atom stereocenters. The van der Waals surface area contributed by atoms with Crippen molar-refractivity contribution in [1.29, 1.82) is 0 Å². The minimum Gasteiger partial charge on any atom is -0.395 e. The molecule has 2 rings (SSSR count).